The fraction of sp³-hybridized carbons (Fsp3) is 0.429. The van der Waals surface area contributed by atoms with E-state index in [-0.39, 0.29) is 18.2 Å². The van der Waals surface area contributed by atoms with Crippen molar-refractivity contribution in [3.8, 4) is 0 Å². The second-order valence-corrected chi connectivity index (χ2v) is 5.02. The number of carbonyl (C=O) groups is 3. The van der Waals surface area contributed by atoms with Crippen molar-refractivity contribution in [2.75, 3.05) is 18.4 Å². The summed E-state index contributed by atoms with van der Waals surface area (Å²) in [7, 11) is 0. The predicted molar refractivity (Wildman–Crippen MR) is 80.2 cm³/mol. The highest BCUT2D eigenvalue weighted by molar-refractivity contribution is 6.04. The first-order valence-corrected chi connectivity index (χ1v) is 7.09. The Morgan fingerprint density at radius 2 is 2.18 bits per heavy atom. The van der Waals surface area contributed by atoms with Crippen LogP contribution < -0.4 is 21.3 Å². The fourth-order valence-corrected chi connectivity index (χ4v) is 2.10. The zero-order chi connectivity index (χ0) is 15.9. The molecular formula is C14H19N5O3. The lowest BCUT2D eigenvalue weighted by Gasteiger charge is -2.10. The van der Waals surface area contributed by atoms with Crippen LogP contribution in [0.15, 0.2) is 18.5 Å². The van der Waals surface area contributed by atoms with Gasteiger partial charge in [-0.2, -0.15) is 0 Å². The van der Waals surface area contributed by atoms with Gasteiger partial charge in [0.05, 0.1) is 0 Å². The van der Waals surface area contributed by atoms with Crippen LogP contribution in [0.1, 0.15) is 18.4 Å². The summed E-state index contributed by atoms with van der Waals surface area (Å²) in [5, 5.41) is 10.6. The SMILES string of the molecule is Cc1cnccc1NCCNC(=O)CC[C@H]1NC(=O)NC1=O. The van der Waals surface area contributed by atoms with Crippen molar-refractivity contribution in [3.63, 3.8) is 0 Å². The van der Waals surface area contributed by atoms with Crippen molar-refractivity contribution in [1.82, 2.24) is 20.9 Å². The maximum absolute atomic E-state index is 11.7. The quantitative estimate of drug-likeness (QED) is 0.415. The Hall–Kier alpha value is -2.64. The number of amides is 4. The number of aromatic nitrogens is 1. The zero-order valence-electron chi connectivity index (χ0n) is 12.3. The molecule has 2 rings (SSSR count). The highest BCUT2D eigenvalue weighted by Crippen LogP contribution is 2.10. The molecule has 4 amide bonds. The minimum Gasteiger partial charge on any atom is -0.383 e. The van der Waals surface area contributed by atoms with Gasteiger partial charge in [0.25, 0.3) is 5.91 Å². The molecule has 2 heterocycles. The van der Waals surface area contributed by atoms with Crippen molar-refractivity contribution < 1.29 is 14.4 Å². The van der Waals surface area contributed by atoms with Gasteiger partial charge in [-0.3, -0.25) is 19.9 Å². The van der Waals surface area contributed by atoms with Crippen molar-refractivity contribution in [3.05, 3.63) is 24.0 Å². The number of aryl methyl sites for hydroxylation is 1. The van der Waals surface area contributed by atoms with Gasteiger partial charge in [0, 0.05) is 37.6 Å². The Morgan fingerprint density at radius 1 is 1.36 bits per heavy atom. The summed E-state index contributed by atoms with van der Waals surface area (Å²) >= 11 is 0. The van der Waals surface area contributed by atoms with Crippen LogP contribution in [-0.4, -0.2) is 42.0 Å². The number of imide groups is 1. The van der Waals surface area contributed by atoms with Gasteiger partial charge in [-0.25, -0.2) is 4.79 Å². The highest BCUT2D eigenvalue weighted by Gasteiger charge is 2.29. The van der Waals surface area contributed by atoms with E-state index in [4.69, 9.17) is 0 Å². The van der Waals surface area contributed by atoms with E-state index in [1.807, 2.05) is 13.0 Å². The summed E-state index contributed by atoms with van der Waals surface area (Å²) in [4.78, 5) is 37.9. The summed E-state index contributed by atoms with van der Waals surface area (Å²) in [6.07, 6.45) is 3.95. The molecule has 0 aromatic carbocycles. The molecule has 0 bridgehead atoms. The maximum Gasteiger partial charge on any atom is 0.322 e. The fourth-order valence-electron chi connectivity index (χ4n) is 2.10. The predicted octanol–water partition coefficient (Wildman–Crippen LogP) is -0.0937. The third kappa shape index (κ3) is 4.44. The molecule has 1 saturated heterocycles. The first-order valence-electron chi connectivity index (χ1n) is 7.09. The third-order valence-electron chi connectivity index (χ3n) is 3.30. The molecule has 1 atom stereocenters. The molecular weight excluding hydrogens is 286 g/mol. The third-order valence-corrected chi connectivity index (χ3v) is 3.30. The number of pyridine rings is 1. The molecule has 0 unspecified atom stereocenters. The number of urea groups is 1. The highest BCUT2D eigenvalue weighted by atomic mass is 16.2. The molecule has 0 saturated carbocycles. The van der Waals surface area contributed by atoms with Crippen LogP contribution in [0.3, 0.4) is 0 Å². The van der Waals surface area contributed by atoms with Crippen LogP contribution in [-0.2, 0) is 9.59 Å². The van der Waals surface area contributed by atoms with Gasteiger partial charge in [-0.15, -0.1) is 0 Å². The minimum absolute atomic E-state index is 0.151. The van der Waals surface area contributed by atoms with Crippen molar-refractivity contribution in [1.29, 1.82) is 0 Å². The van der Waals surface area contributed by atoms with Crippen LogP contribution in [0.2, 0.25) is 0 Å². The first-order chi connectivity index (χ1) is 10.6. The monoisotopic (exact) mass is 305 g/mol. The Kier molecular flexibility index (Phi) is 5.29. The van der Waals surface area contributed by atoms with Crippen LogP contribution >= 0.6 is 0 Å². The van der Waals surface area contributed by atoms with Gasteiger partial charge in [0.15, 0.2) is 0 Å². The van der Waals surface area contributed by atoms with Gasteiger partial charge >= 0.3 is 6.03 Å². The molecule has 0 radical (unpaired) electrons. The number of carbonyl (C=O) groups excluding carboxylic acids is 3. The Balaban J connectivity index is 1.61. The second-order valence-electron chi connectivity index (χ2n) is 5.02. The minimum atomic E-state index is -0.615. The average molecular weight is 305 g/mol. The maximum atomic E-state index is 11.7. The van der Waals surface area contributed by atoms with Crippen molar-refractivity contribution >= 4 is 23.5 Å². The lowest BCUT2D eigenvalue weighted by molar-refractivity contribution is -0.122. The van der Waals surface area contributed by atoms with Gasteiger partial charge in [0.2, 0.25) is 5.91 Å². The van der Waals surface area contributed by atoms with Gasteiger partial charge in [-0.05, 0) is 25.0 Å². The van der Waals surface area contributed by atoms with E-state index in [0.29, 0.717) is 19.5 Å². The normalized spacial score (nSPS) is 16.9. The summed E-state index contributed by atoms with van der Waals surface area (Å²) < 4.78 is 0. The smallest absolute Gasteiger partial charge is 0.322 e. The van der Waals surface area contributed by atoms with E-state index >= 15 is 0 Å². The first kappa shape index (κ1) is 15.7. The zero-order valence-corrected chi connectivity index (χ0v) is 12.3. The van der Waals surface area contributed by atoms with Crippen molar-refractivity contribution in [2.24, 2.45) is 0 Å². The largest absolute Gasteiger partial charge is 0.383 e. The van der Waals surface area contributed by atoms with Crippen LogP contribution in [0.5, 0.6) is 0 Å². The van der Waals surface area contributed by atoms with E-state index in [2.05, 4.69) is 26.3 Å². The Labute approximate surface area is 128 Å². The number of hydrogen-bond acceptors (Lipinski definition) is 5. The number of hydrogen-bond donors (Lipinski definition) is 4. The summed E-state index contributed by atoms with van der Waals surface area (Å²) in [6, 6.07) is 0.751. The molecule has 8 heteroatoms. The van der Waals surface area contributed by atoms with Gasteiger partial charge < -0.3 is 16.0 Å². The van der Waals surface area contributed by atoms with E-state index in [1.165, 1.54) is 0 Å². The summed E-state index contributed by atoms with van der Waals surface area (Å²) in [5.41, 5.74) is 2.02. The van der Waals surface area contributed by atoms with E-state index < -0.39 is 12.1 Å². The molecule has 0 spiro atoms. The molecule has 1 aromatic rings. The number of nitrogens with one attached hydrogen (secondary N) is 4. The number of nitrogens with zero attached hydrogens (tertiary/aromatic N) is 1. The molecule has 4 N–H and O–H groups in total. The van der Waals surface area contributed by atoms with Crippen LogP contribution in [0.25, 0.3) is 0 Å². The number of anilines is 1. The lowest BCUT2D eigenvalue weighted by atomic mass is 10.1. The van der Waals surface area contributed by atoms with E-state index in [1.54, 1.807) is 12.4 Å². The molecule has 1 aromatic heterocycles. The molecule has 1 fully saturated rings. The topological polar surface area (TPSA) is 112 Å². The number of rotatable bonds is 7. The molecule has 1 aliphatic heterocycles. The van der Waals surface area contributed by atoms with E-state index in [0.717, 1.165) is 11.3 Å². The Bertz CT molecular complexity index is 575. The average Bonchev–Trinajstić information content (AvgIpc) is 2.81. The van der Waals surface area contributed by atoms with Gasteiger partial charge in [0.1, 0.15) is 6.04 Å². The van der Waals surface area contributed by atoms with Crippen LogP contribution in [0, 0.1) is 6.92 Å². The molecule has 118 valence electrons. The second kappa shape index (κ2) is 7.39. The summed E-state index contributed by atoms with van der Waals surface area (Å²) in [6.45, 7) is 3.02. The van der Waals surface area contributed by atoms with Crippen molar-refractivity contribution in [2.45, 2.75) is 25.8 Å². The summed E-state index contributed by atoms with van der Waals surface area (Å²) in [5.74, 6) is -0.533. The van der Waals surface area contributed by atoms with E-state index in [9.17, 15) is 14.4 Å². The molecule has 0 aliphatic carbocycles. The molecule has 22 heavy (non-hydrogen) atoms. The van der Waals surface area contributed by atoms with Gasteiger partial charge in [-0.1, -0.05) is 0 Å². The molecule has 8 nitrogen and oxygen atoms in total. The lowest BCUT2D eigenvalue weighted by Crippen LogP contribution is -2.33. The Morgan fingerprint density at radius 3 is 2.86 bits per heavy atom. The van der Waals surface area contributed by atoms with Crippen LogP contribution in [0.4, 0.5) is 10.5 Å². The standard InChI is InChI=1S/C14H19N5O3/c1-9-8-15-5-4-10(9)16-6-7-17-12(20)3-2-11-13(21)19-14(22)18-11/h4-5,8,11H,2-3,6-7H2,1H3,(H,15,16)(H,17,20)(H2,18,19,21,22)/t11-/m1/s1. The molecule has 1 aliphatic rings.